The number of halogens is 2. The van der Waals surface area contributed by atoms with Gasteiger partial charge in [-0.1, -0.05) is 24.6 Å². The van der Waals surface area contributed by atoms with E-state index < -0.39 is 11.4 Å². The summed E-state index contributed by atoms with van der Waals surface area (Å²) in [6, 6.07) is 13.9. The van der Waals surface area contributed by atoms with Gasteiger partial charge in [0.2, 0.25) is 5.95 Å². The van der Waals surface area contributed by atoms with Crippen molar-refractivity contribution in [2.45, 2.75) is 13.3 Å². The van der Waals surface area contributed by atoms with Crippen LogP contribution in [0.5, 0.6) is 0 Å². The Bertz CT molecular complexity index is 1450. The molecule has 192 valence electrons. The Balaban J connectivity index is 1.39. The van der Waals surface area contributed by atoms with Crippen LogP contribution in [-0.4, -0.2) is 59.4 Å². The van der Waals surface area contributed by atoms with Crippen molar-refractivity contribution in [2.75, 3.05) is 50.1 Å². The summed E-state index contributed by atoms with van der Waals surface area (Å²) in [5.74, 6) is -0.299. The Kier molecular flexibility index (Phi) is 7.25. The van der Waals surface area contributed by atoms with Gasteiger partial charge in [0.25, 0.3) is 5.56 Å². The Morgan fingerprint density at radius 1 is 1.11 bits per heavy atom. The molecular weight excluding hydrogens is 495 g/mol. The molecule has 1 aliphatic heterocycles. The lowest BCUT2D eigenvalue weighted by Crippen LogP contribution is -2.46. The quantitative estimate of drug-likeness (QED) is 0.380. The zero-order valence-electron chi connectivity index (χ0n) is 20.7. The average Bonchev–Trinajstić information content (AvgIpc) is 2.90. The highest BCUT2D eigenvalue weighted by Crippen LogP contribution is 2.30. The van der Waals surface area contributed by atoms with Crippen LogP contribution < -0.4 is 20.6 Å². The summed E-state index contributed by atoms with van der Waals surface area (Å²) in [4.78, 5) is 32.2. The fourth-order valence-corrected chi connectivity index (χ4v) is 4.93. The van der Waals surface area contributed by atoms with E-state index in [1.807, 2.05) is 12.1 Å². The van der Waals surface area contributed by atoms with Gasteiger partial charge in [0.1, 0.15) is 12.9 Å². The summed E-state index contributed by atoms with van der Waals surface area (Å²) in [7, 11) is 1.35. The van der Waals surface area contributed by atoms with E-state index in [9.17, 15) is 9.18 Å². The first-order valence-electron chi connectivity index (χ1n) is 12.2. The zero-order valence-corrected chi connectivity index (χ0v) is 21.5. The predicted molar refractivity (Wildman–Crippen MR) is 145 cm³/mol. The Morgan fingerprint density at radius 3 is 2.54 bits per heavy atom. The van der Waals surface area contributed by atoms with Gasteiger partial charge in [-0.3, -0.25) is 9.69 Å². The molecule has 1 aliphatic rings. The normalized spacial score (nSPS) is 14.2. The molecule has 1 fully saturated rings. The lowest BCUT2D eigenvalue weighted by molar-refractivity contribution is 0.168. The van der Waals surface area contributed by atoms with E-state index in [2.05, 4.69) is 44.1 Å². The number of pyridine rings is 1. The molecule has 10 heteroatoms. The minimum Gasteiger partial charge on any atom is -0.412 e. The first kappa shape index (κ1) is 25.0. The van der Waals surface area contributed by atoms with E-state index in [4.69, 9.17) is 16.4 Å². The molecule has 0 saturated carbocycles. The van der Waals surface area contributed by atoms with Gasteiger partial charge in [0.05, 0.1) is 10.6 Å². The van der Waals surface area contributed by atoms with Gasteiger partial charge in [-0.2, -0.15) is 4.98 Å². The van der Waals surface area contributed by atoms with Crippen LogP contribution in [0.25, 0.3) is 22.2 Å². The highest BCUT2D eigenvalue weighted by atomic mass is 35.5. The van der Waals surface area contributed by atoms with Crippen molar-refractivity contribution in [1.29, 1.82) is 0 Å². The third-order valence-electron chi connectivity index (χ3n) is 6.52. The molecule has 37 heavy (non-hydrogen) atoms. The minimum atomic E-state index is -0.600. The van der Waals surface area contributed by atoms with Crippen molar-refractivity contribution < 1.29 is 9.23 Å². The number of piperazine rings is 1. The van der Waals surface area contributed by atoms with E-state index in [1.54, 1.807) is 6.20 Å². The standard InChI is InChI=1S/C27H28ClFN6O2/c1-3-11-33-12-14-34(15-13-33)20-9-7-19(8-10-20)31-27-30-17-18-16-21(24-22(28)5-4-6-23(24)29)26(36)35(37-2)25(18)32-27/h4-10,16-17H,3,11-15H2,1-2H3,(H,30,31,32). The molecule has 0 atom stereocenters. The number of nitrogens with one attached hydrogen (secondary N) is 1. The lowest BCUT2D eigenvalue weighted by Gasteiger charge is -2.36. The van der Waals surface area contributed by atoms with Crippen LogP contribution in [0.3, 0.4) is 0 Å². The lowest BCUT2D eigenvalue weighted by atomic mass is 10.1. The summed E-state index contributed by atoms with van der Waals surface area (Å²) in [6.07, 6.45) is 2.74. The Hall–Kier alpha value is -3.69. The maximum Gasteiger partial charge on any atom is 0.293 e. The maximum absolute atomic E-state index is 14.5. The minimum absolute atomic E-state index is 0.0101. The van der Waals surface area contributed by atoms with Crippen LogP contribution >= 0.6 is 11.6 Å². The van der Waals surface area contributed by atoms with Crippen LogP contribution in [0.2, 0.25) is 5.02 Å². The molecule has 4 aromatic rings. The van der Waals surface area contributed by atoms with Crippen LogP contribution in [0.15, 0.2) is 59.5 Å². The van der Waals surface area contributed by atoms with Gasteiger partial charge in [-0.05, 0) is 55.4 Å². The average molecular weight is 523 g/mol. The van der Waals surface area contributed by atoms with E-state index in [0.717, 1.165) is 43.1 Å². The van der Waals surface area contributed by atoms with E-state index in [1.165, 1.54) is 43.5 Å². The van der Waals surface area contributed by atoms with E-state index in [0.29, 0.717) is 11.3 Å². The van der Waals surface area contributed by atoms with Gasteiger partial charge in [0, 0.05) is 54.7 Å². The van der Waals surface area contributed by atoms with Gasteiger partial charge in [-0.15, -0.1) is 4.73 Å². The van der Waals surface area contributed by atoms with Gasteiger partial charge < -0.3 is 15.1 Å². The van der Waals surface area contributed by atoms with E-state index in [-0.39, 0.29) is 21.8 Å². The van der Waals surface area contributed by atoms with Gasteiger partial charge in [0.15, 0.2) is 5.65 Å². The molecule has 5 rings (SSSR count). The van der Waals surface area contributed by atoms with Gasteiger partial charge >= 0.3 is 0 Å². The van der Waals surface area contributed by atoms with Crippen molar-refractivity contribution in [3.8, 4) is 11.1 Å². The molecule has 1 N–H and O–H groups in total. The third-order valence-corrected chi connectivity index (χ3v) is 6.83. The van der Waals surface area contributed by atoms with Crippen molar-refractivity contribution in [3.63, 3.8) is 0 Å². The van der Waals surface area contributed by atoms with Crippen LogP contribution in [-0.2, 0) is 0 Å². The molecule has 0 radical (unpaired) electrons. The van der Waals surface area contributed by atoms with Crippen molar-refractivity contribution in [3.05, 3.63) is 75.9 Å². The first-order chi connectivity index (χ1) is 18.0. The Morgan fingerprint density at radius 2 is 1.86 bits per heavy atom. The summed E-state index contributed by atoms with van der Waals surface area (Å²) < 4.78 is 15.5. The summed E-state index contributed by atoms with van der Waals surface area (Å²) in [5.41, 5.74) is 1.74. The summed E-state index contributed by atoms with van der Waals surface area (Å²) >= 11 is 6.20. The molecule has 0 spiro atoms. The monoisotopic (exact) mass is 522 g/mol. The summed E-state index contributed by atoms with van der Waals surface area (Å²) in [5, 5.41) is 3.81. The first-order valence-corrected chi connectivity index (χ1v) is 12.6. The number of anilines is 3. The highest BCUT2D eigenvalue weighted by Gasteiger charge is 2.19. The molecule has 0 amide bonds. The van der Waals surface area contributed by atoms with Gasteiger partial charge in [-0.25, -0.2) is 9.37 Å². The number of nitrogens with zero attached hydrogens (tertiary/aromatic N) is 5. The topological polar surface area (TPSA) is 75.5 Å². The van der Waals surface area contributed by atoms with Crippen LogP contribution in [0, 0.1) is 5.82 Å². The second-order valence-electron chi connectivity index (χ2n) is 8.91. The van der Waals surface area contributed by atoms with Crippen molar-refractivity contribution in [1.82, 2.24) is 19.6 Å². The highest BCUT2D eigenvalue weighted by molar-refractivity contribution is 6.33. The predicted octanol–water partition coefficient (Wildman–Crippen LogP) is 4.59. The van der Waals surface area contributed by atoms with Crippen LogP contribution in [0.4, 0.5) is 21.7 Å². The fraction of sp³-hybridized carbons (Fsp3) is 0.296. The molecular formula is C27H28ClFN6O2. The number of fused-ring (bicyclic) bond motifs is 1. The van der Waals surface area contributed by atoms with E-state index >= 15 is 0 Å². The van der Waals surface area contributed by atoms with Crippen molar-refractivity contribution in [2.24, 2.45) is 0 Å². The second kappa shape index (κ2) is 10.7. The Labute approximate surface area is 219 Å². The number of hydrogen-bond donors (Lipinski definition) is 1. The largest absolute Gasteiger partial charge is 0.412 e. The third kappa shape index (κ3) is 5.10. The second-order valence-corrected chi connectivity index (χ2v) is 9.32. The molecule has 0 unspecified atom stereocenters. The zero-order chi connectivity index (χ0) is 25.9. The molecule has 8 nitrogen and oxygen atoms in total. The van der Waals surface area contributed by atoms with Crippen molar-refractivity contribution >= 4 is 40.0 Å². The number of hydrogen-bond acceptors (Lipinski definition) is 7. The molecule has 2 aromatic heterocycles. The fourth-order valence-electron chi connectivity index (χ4n) is 4.66. The summed E-state index contributed by atoms with van der Waals surface area (Å²) in [6.45, 7) is 7.53. The smallest absolute Gasteiger partial charge is 0.293 e. The molecule has 1 saturated heterocycles. The molecule has 3 heterocycles. The van der Waals surface area contributed by atoms with Crippen LogP contribution in [0.1, 0.15) is 13.3 Å². The SMILES string of the molecule is CCCN1CCN(c2ccc(Nc3ncc4cc(-c5c(F)cccc5Cl)c(=O)n(OC)c4n3)cc2)CC1. The number of rotatable bonds is 7. The number of benzene rings is 2. The maximum atomic E-state index is 14.5. The number of aromatic nitrogens is 3. The molecule has 0 aliphatic carbocycles. The molecule has 2 aromatic carbocycles. The molecule has 0 bridgehead atoms.